The van der Waals surface area contributed by atoms with Gasteiger partial charge >= 0.3 is 0 Å². The van der Waals surface area contributed by atoms with Crippen LogP contribution in [-0.4, -0.2) is 0 Å². The van der Waals surface area contributed by atoms with Gasteiger partial charge in [0.2, 0.25) is 0 Å². The second-order valence-corrected chi connectivity index (χ2v) is 5.13. The molecule has 21 heavy (non-hydrogen) atoms. The first-order valence-electron chi connectivity index (χ1n) is 7.19. The van der Waals surface area contributed by atoms with Crippen molar-refractivity contribution in [3.8, 4) is 6.07 Å². The molecule has 0 radical (unpaired) electrons. The van der Waals surface area contributed by atoms with E-state index in [1.54, 1.807) is 12.1 Å². The van der Waals surface area contributed by atoms with Gasteiger partial charge in [-0.2, -0.15) is 5.26 Å². The lowest BCUT2D eigenvalue weighted by Crippen LogP contribution is -2.08. The third-order valence-electron chi connectivity index (χ3n) is 3.52. The SMILES string of the molecule is CCCc1ccc(C(C)Nc2cccc(F)c2C#N)cc1. The third-order valence-corrected chi connectivity index (χ3v) is 3.52. The van der Waals surface area contributed by atoms with E-state index in [-0.39, 0.29) is 11.6 Å². The number of anilines is 1. The number of nitrogens with zero attached hydrogens (tertiary/aromatic N) is 1. The Balaban J connectivity index is 2.16. The molecule has 1 atom stereocenters. The number of hydrogen-bond acceptors (Lipinski definition) is 2. The summed E-state index contributed by atoms with van der Waals surface area (Å²) in [5, 5.41) is 12.3. The number of aryl methyl sites for hydroxylation is 1. The maximum absolute atomic E-state index is 13.6. The van der Waals surface area contributed by atoms with E-state index in [1.165, 1.54) is 11.6 Å². The molecule has 0 bridgehead atoms. The molecular weight excluding hydrogens is 263 g/mol. The predicted molar refractivity (Wildman–Crippen MR) is 83.6 cm³/mol. The van der Waals surface area contributed by atoms with Crippen LogP contribution < -0.4 is 5.32 Å². The number of rotatable bonds is 5. The lowest BCUT2D eigenvalue weighted by atomic mass is 10.0. The summed E-state index contributed by atoms with van der Waals surface area (Å²) in [6, 6.07) is 14.9. The van der Waals surface area contributed by atoms with E-state index in [0.29, 0.717) is 5.69 Å². The molecular formula is C18H19FN2. The van der Waals surface area contributed by atoms with E-state index in [0.717, 1.165) is 18.4 Å². The molecule has 0 saturated carbocycles. The van der Waals surface area contributed by atoms with E-state index in [2.05, 4.69) is 36.5 Å². The van der Waals surface area contributed by atoms with Crippen molar-refractivity contribution >= 4 is 5.69 Å². The fourth-order valence-electron chi connectivity index (χ4n) is 2.34. The highest BCUT2D eigenvalue weighted by Gasteiger charge is 2.11. The Morgan fingerprint density at radius 1 is 1.19 bits per heavy atom. The molecule has 2 nitrogen and oxygen atoms in total. The summed E-state index contributed by atoms with van der Waals surface area (Å²) in [6.07, 6.45) is 2.20. The zero-order valence-electron chi connectivity index (χ0n) is 12.4. The Morgan fingerprint density at radius 2 is 1.90 bits per heavy atom. The standard InChI is InChI=1S/C18H19FN2/c1-3-5-14-8-10-15(11-9-14)13(2)21-18-7-4-6-17(19)16(18)12-20/h4,6-11,13,21H,3,5H2,1-2H3. The lowest BCUT2D eigenvalue weighted by Gasteiger charge is -2.17. The summed E-state index contributed by atoms with van der Waals surface area (Å²) in [5.74, 6) is -0.493. The number of halogens is 1. The Morgan fingerprint density at radius 3 is 2.52 bits per heavy atom. The molecule has 2 rings (SSSR count). The molecule has 2 aromatic rings. The zero-order valence-corrected chi connectivity index (χ0v) is 12.4. The monoisotopic (exact) mass is 282 g/mol. The molecule has 108 valence electrons. The van der Waals surface area contributed by atoms with Gasteiger partial charge in [0.05, 0.1) is 5.69 Å². The van der Waals surface area contributed by atoms with E-state index in [4.69, 9.17) is 5.26 Å². The second kappa shape index (κ2) is 6.90. The molecule has 0 heterocycles. The molecule has 0 saturated heterocycles. The van der Waals surface area contributed by atoms with Crippen LogP contribution in [0.3, 0.4) is 0 Å². The largest absolute Gasteiger partial charge is 0.377 e. The van der Waals surface area contributed by atoms with Crippen LogP contribution in [-0.2, 0) is 6.42 Å². The van der Waals surface area contributed by atoms with E-state index < -0.39 is 5.82 Å². The average Bonchev–Trinajstić information content (AvgIpc) is 2.48. The minimum Gasteiger partial charge on any atom is -0.377 e. The molecule has 3 heteroatoms. The number of hydrogen-bond donors (Lipinski definition) is 1. The highest BCUT2D eigenvalue weighted by atomic mass is 19.1. The van der Waals surface area contributed by atoms with Crippen LogP contribution >= 0.6 is 0 Å². The summed E-state index contributed by atoms with van der Waals surface area (Å²) in [4.78, 5) is 0. The van der Waals surface area contributed by atoms with Crippen molar-refractivity contribution in [3.05, 3.63) is 65.0 Å². The van der Waals surface area contributed by atoms with E-state index in [1.807, 2.05) is 13.0 Å². The van der Waals surface area contributed by atoms with Gasteiger partial charge in [-0.1, -0.05) is 43.7 Å². The summed E-state index contributed by atoms with van der Waals surface area (Å²) in [6.45, 7) is 4.16. The average molecular weight is 282 g/mol. The van der Waals surface area contributed by atoms with Crippen LogP contribution in [0.5, 0.6) is 0 Å². The van der Waals surface area contributed by atoms with Gasteiger partial charge in [-0.25, -0.2) is 4.39 Å². The Labute approximate surface area is 125 Å². The molecule has 0 aliphatic carbocycles. The van der Waals surface area contributed by atoms with Crippen molar-refractivity contribution in [2.24, 2.45) is 0 Å². The molecule has 1 unspecified atom stereocenters. The van der Waals surface area contributed by atoms with Crippen molar-refractivity contribution in [2.45, 2.75) is 32.7 Å². The Bertz CT molecular complexity index is 641. The van der Waals surface area contributed by atoms with E-state index >= 15 is 0 Å². The van der Waals surface area contributed by atoms with Gasteiger partial charge in [0.1, 0.15) is 17.4 Å². The first-order chi connectivity index (χ1) is 10.2. The van der Waals surface area contributed by atoms with Crippen molar-refractivity contribution < 1.29 is 4.39 Å². The van der Waals surface area contributed by atoms with Crippen molar-refractivity contribution in [1.29, 1.82) is 5.26 Å². The quantitative estimate of drug-likeness (QED) is 0.853. The molecule has 0 aromatic heterocycles. The van der Waals surface area contributed by atoms with Crippen LogP contribution in [0.2, 0.25) is 0 Å². The molecule has 0 aliphatic rings. The maximum atomic E-state index is 13.6. The fraction of sp³-hybridized carbons (Fsp3) is 0.278. The van der Waals surface area contributed by atoms with Gasteiger partial charge in [-0.3, -0.25) is 0 Å². The minimum atomic E-state index is -0.493. The summed E-state index contributed by atoms with van der Waals surface area (Å²) < 4.78 is 13.6. The fourth-order valence-corrected chi connectivity index (χ4v) is 2.34. The van der Waals surface area contributed by atoms with Gasteiger partial charge in [0.15, 0.2) is 0 Å². The Hall–Kier alpha value is -2.34. The van der Waals surface area contributed by atoms with Crippen molar-refractivity contribution in [1.82, 2.24) is 0 Å². The predicted octanol–water partition coefficient (Wildman–Crippen LogP) is 4.82. The maximum Gasteiger partial charge on any atom is 0.143 e. The van der Waals surface area contributed by atoms with Gasteiger partial charge in [-0.05, 0) is 36.6 Å². The van der Waals surface area contributed by atoms with Gasteiger partial charge < -0.3 is 5.32 Å². The second-order valence-electron chi connectivity index (χ2n) is 5.13. The van der Waals surface area contributed by atoms with Crippen LogP contribution in [0.1, 0.15) is 43.0 Å². The molecule has 1 N–H and O–H groups in total. The van der Waals surface area contributed by atoms with Crippen molar-refractivity contribution in [2.75, 3.05) is 5.32 Å². The van der Waals surface area contributed by atoms with Crippen LogP contribution in [0.25, 0.3) is 0 Å². The highest BCUT2D eigenvalue weighted by Crippen LogP contribution is 2.24. The number of nitrogens with one attached hydrogen (secondary N) is 1. The van der Waals surface area contributed by atoms with Crippen LogP contribution in [0.4, 0.5) is 10.1 Å². The molecule has 0 aliphatic heterocycles. The summed E-state index contributed by atoms with van der Waals surface area (Å²) >= 11 is 0. The lowest BCUT2D eigenvalue weighted by molar-refractivity contribution is 0.624. The first-order valence-corrected chi connectivity index (χ1v) is 7.19. The molecule has 2 aromatic carbocycles. The van der Waals surface area contributed by atoms with Crippen LogP contribution in [0, 0.1) is 17.1 Å². The van der Waals surface area contributed by atoms with Gasteiger partial charge in [-0.15, -0.1) is 0 Å². The highest BCUT2D eigenvalue weighted by molar-refractivity contribution is 5.58. The van der Waals surface area contributed by atoms with Gasteiger partial charge in [0, 0.05) is 6.04 Å². The topological polar surface area (TPSA) is 35.8 Å². The smallest absolute Gasteiger partial charge is 0.143 e. The summed E-state index contributed by atoms with van der Waals surface area (Å²) in [5.41, 5.74) is 3.02. The first kappa shape index (κ1) is 15.1. The summed E-state index contributed by atoms with van der Waals surface area (Å²) in [7, 11) is 0. The minimum absolute atomic E-state index is 0.00887. The normalized spacial score (nSPS) is 11.7. The number of nitriles is 1. The van der Waals surface area contributed by atoms with E-state index in [9.17, 15) is 4.39 Å². The molecule has 0 amide bonds. The zero-order chi connectivity index (χ0) is 15.2. The van der Waals surface area contributed by atoms with Gasteiger partial charge in [0.25, 0.3) is 0 Å². The number of benzene rings is 2. The Kier molecular flexibility index (Phi) is 4.94. The van der Waals surface area contributed by atoms with Crippen molar-refractivity contribution in [3.63, 3.8) is 0 Å². The molecule has 0 fully saturated rings. The molecule has 0 spiro atoms. The third kappa shape index (κ3) is 3.61. The van der Waals surface area contributed by atoms with Crippen LogP contribution in [0.15, 0.2) is 42.5 Å².